The Kier molecular flexibility index (Phi) is 5.23. The van der Waals surface area contributed by atoms with Crippen LogP contribution in [0.1, 0.15) is 39.2 Å². The number of carbonyl (C=O) groups excluding carboxylic acids is 1. The molecular weight excluding hydrogens is 264 g/mol. The third kappa shape index (κ3) is 4.21. The number of phenols is 1. The molecule has 0 aliphatic carbocycles. The van der Waals surface area contributed by atoms with E-state index in [0.29, 0.717) is 11.8 Å². The summed E-state index contributed by atoms with van der Waals surface area (Å²) in [5.41, 5.74) is 1.21. The molecule has 2 atom stereocenters. The maximum Gasteiger partial charge on any atom is 0.240 e. The van der Waals surface area contributed by atoms with Crippen LogP contribution in [0, 0.1) is 0 Å². The largest absolute Gasteiger partial charge is 0.508 e. The predicted molar refractivity (Wildman–Crippen MR) is 84.3 cm³/mol. The SMILES string of the molecule is CC(C)N1CC[C@@H](N[C@@H](C)CCc2ccc(O)cc2)C1=O. The van der Waals surface area contributed by atoms with Crippen molar-refractivity contribution in [2.75, 3.05) is 6.54 Å². The van der Waals surface area contributed by atoms with Gasteiger partial charge in [0.2, 0.25) is 5.91 Å². The van der Waals surface area contributed by atoms with Gasteiger partial charge in [-0.15, -0.1) is 0 Å². The number of phenolic OH excluding ortho intramolecular Hbond substituents is 1. The number of hydrogen-bond donors (Lipinski definition) is 2. The zero-order valence-electron chi connectivity index (χ0n) is 13.2. The Hall–Kier alpha value is -1.55. The highest BCUT2D eigenvalue weighted by atomic mass is 16.3. The number of likely N-dealkylation sites (tertiary alicyclic amines) is 1. The topological polar surface area (TPSA) is 52.6 Å². The molecular formula is C17H26N2O2. The van der Waals surface area contributed by atoms with Crippen molar-refractivity contribution in [3.05, 3.63) is 29.8 Å². The Morgan fingerprint density at radius 3 is 2.52 bits per heavy atom. The van der Waals surface area contributed by atoms with Gasteiger partial charge in [-0.25, -0.2) is 0 Å². The number of aromatic hydroxyl groups is 1. The van der Waals surface area contributed by atoms with E-state index in [1.165, 1.54) is 5.56 Å². The first-order valence-electron chi connectivity index (χ1n) is 7.82. The van der Waals surface area contributed by atoms with E-state index in [4.69, 9.17) is 0 Å². The van der Waals surface area contributed by atoms with Crippen molar-refractivity contribution in [3.8, 4) is 5.75 Å². The average molecular weight is 290 g/mol. The van der Waals surface area contributed by atoms with E-state index in [1.54, 1.807) is 12.1 Å². The molecule has 1 heterocycles. The van der Waals surface area contributed by atoms with Crippen LogP contribution in [0.5, 0.6) is 5.75 Å². The van der Waals surface area contributed by atoms with Gasteiger partial charge in [-0.2, -0.15) is 0 Å². The normalized spacial score (nSPS) is 20.3. The number of nitrogens with zero attached hydrogens (tertiary/aromatic N) is 1. The quantitative estimate of drug-likeness (QED) is 0.845. The number of aryl methyl sites for hydroxylation is 1. The molecule has 0 bridgehead atoms. The number of nitrogens with one attached hydrogen (secondary N) is 1. The molecule has 0 spiro atoms. The molecule has 1 amide bonds. The second-order valence-corrected chi connectivity index (χ2v) is 6.24. The Bertz CT molecular complexity index is 470. The molecule has 2 rings (SSSR count). The van der Waals surface area contributed by atoms with Crippen molar-refractivity contribution in [2.24, 2.45) is 0 Å². The first-order valence-corrected chi connectivity index (χ1v) is 7.82. The van der Waals surface area contributed by atoms with Crippen molar-refractivity contribution < 1.29 is 9.90 Å². The van der Waals surface area contributed by atoms with E-state index in [0.717, 1.165) is 25.8 Å². The molecule has 1 aliphatic heterocycles. The van der Waals surface area contributed by atoms with Crippen molar-refractivity contribution in [1.29, 1.82) is 0 Å². The molecule has 0 unspecified atom stereocenters. The molecule has 21 heavy (non-hydrogen) atoms. The minimum Gasteiger partial charge on any atom is -0.508 e. The zero-order chi connectivity index (χ0) is 15.4. The van der Waals surface area contributed by atoms with Gasteiger partial charge >= 0.3 is 0 Å². The van der Waals surface area contributed by atoms with E-state index in [-0.39, 0.29) is 18.0 Å². The fraction of sp³-hybridized carbons (Fsp3) is 0.588. The summed E-state index contributed by atoms with van der Waals surface area (Å²) in [6, 6.07) is 7.90. The third-order valence-corrected chi connectivity index (χ3v) is 4.15. The fourth-order valence-corrected chi connectivity index (χ4v) is 2.84. The molecule has 4 heteroatoms. The van der Waals surface area contributed by atoms with Gasteiger partial charge < -0.3 is 15.3 Å². The Labute approximate surface area is 127 Å². The van der Waals surface area contributed by atoms with Gasteiger partial charge in [0, 0.05) is 18.6 Å². The number of hydrogen-bond acceptors (Lipinski definition) is 3. The van der Waals surface area contributed by atoms with Crippen molar-refractivity contribution >= 4 is 5.91 Å². The highest BCUT2D eigenvalue weighted by molar-refractivity contribution is 5.84. The van der Waals surface area contributed by atoms with E-state index in [9.17, 15) is 9.90 Å². The summed E-state index contributed by atoms with van der Waals surface area (Å²) < 4.78 is 0. The van der Waals surface area contributed by atoms with Crippen LogP contribution in [0.2, 0.25) is 0 Å². The van der Waals surface area contributed by atoms with Crippen molar-refractivity contribution in [3.63, 3.8) is 0 Å². The lowest BCUT2D eigenvalue weighted by molar-refractivity contribution is -0.130. The number of carbonyl (C=O) groups is 1. The minimum absolute atomic E-state index is 0.0257. The lowest BCUT2D eigenvalue weighted by atomic mass is 10.1. The van der Waals surface area contributed by atoms with Gasteiger partial charge in [0.1, 0.15) is 5.75 Å². The van der Waals surface area contributed by atoms with Gasteiger partial charge in [-0.05, 0) is 57.7 Å². The summed E-state index contributed by atoms with van der Waals surface area (Å²) >= 11 is 0. The fourth-order valence-electron chi connectivity index (χ4n) is 2.84. The van der Waals surface area contributed by atoms with Gasteiger partial charge in [-0.1, -0.05) is 12.1 Å². The van der Waals surface area contributed by atoms with Crippen LogP contribution in [0.25, 0.3) is 0 Å². The van der Waals surface area contributed by atoms with E-state index in [1.807, 2.05) is 17.0 Å². The summed E-state index contributed by atoms with van der Waals surface area (Å²) in [7, 11) is 0. The second-order valence-electron chi connectivity index (χ2n) is 6.24. The van der Waals surface area contributed by atoms with Gasteiger partial charge in [0.15, 0.2) is 0 Å². The molecule has 1 aromatic rings. The summed E-state index contributed by atoms with van der Waals surface area (Å²) in [4.78, 5) is 14.2. The second kappa shape index (κ2) is 6.94. The number of amides is 1. The van der Waals surface area contributed by atoms with E-state index in [2.05, 4.69) is 26.1 Å². The van der Waals surface area contributed by atoms with Gasteiger partial charge in [0.05, 0.1) is 6.04 Å². The Morgan fingerprint density at radius 1 is 1.29 bits per heavy atom. The van der Waals surface area contributed by atoms with Crippen LogP contribution in [-0.2, 0) is 11.2 Å². The van der Waals surface area contributed by atoms with Crippen LogP contribution in [0.15, 0.2) is 24.3 Å². The van der Waals surface area contributed by atoms with Crippen molar-refractivity contribution in [2.45, 2.75) is 58.2 Å². The maximum atomic E-state index is 12.2. The first-order chi connectivity index (χ1) is 9.97. The smallest absolute Gasteiger partial charge is 0.240 e. The van der Waals surface area contributed by atoms with Crippen LogP contribution < -0.4 is 5.32 Å². The standard InChI is InChI=1S/C17H26N2O2/c1-12(2)19-11-10-16(17(19)21)18-13(3)4-5-14-6-8-15(20)9-7-14/h6-9,12-13,16,18,20H,4-5,10-11H2,1-3H3/t13-,16+/m0/s1. The summed E-state index contributed by atoms with van der Waals surface area (Å²) in [5.74, 6) is 0.539. The average Bonchev–Trinajstić information content (AvgIpc) is 2.80. The van der Waals surface area contributed by atoms with Gasteiger partial charge in [0.25, 0.3) is 0 Å². The monoisotopic (exact) mass is 290 g/mol. The molecule has 1 aliphatic rings. The van der Waals surface area contributed by atoms with Gasteiger partial charge in [-0.3, -0.25) is 4.79 Å². The molecule has 116 valence electrons. The molecule has 4 nitrogen and oxygen atoms in total. The van der Waals surface area contributed by atoms with E-state index < -0.39 is 0 Å². The summed E-state index contributed by atoms with van der Waals surface area (Å²) in [5, 5.41) is 12.7. The molecule has 2 N–H and O–H groups in total. The maximum absolute atomic E-state index is 12.2. The number of benzene rings is 1. The molecule has 1 fully saturated rings. The van der Waals surface area contributed by atoms with Crippen LogP contribution >= 0.6 is 0 Å². The highest BCUT2D eigenvalue weighted by Crippen LogP contribution is 2.16. The lowest BCUT2D eigenvalue weighted by Gasteiger charge is -2.22. The molecule has 1 aromatic carbocycles. The molecule has 1 saturated heterocycles. The summed E-state index contributed by atoms with van der Waals surface area (Å²) in [6.45, 7) is 7.12. The number of rotatable bonds is 6. The third-order valence-electron chi connectivity index (χ3n) is 4.15. The molecule has 0 aromatic heterocycles. The summed E-state index contributed by atoms with van der Waals surface area (Å²) in [6.07, 6.45) is 2.83. The lowest BCUT2D eigenvalue weighted by Crippen LogP contribution is -2.44. The first kappa shape index (κ1) is 15.8. The minimum atomic E-state index is -0.0257. The van der Waals surface area contributed by atoms with Crippen LogP contribution in [-0.4, -0.2) is 40.6 Å². The van der Waals surface area contributed by atoms with Crippen LogP contribution in [0.3, 0.4) is 0 Å². The Balaban J connectivity index is 1.78. The Morgan fingerprint density at radius 2 is 1.95 bits per heavy atom. The van der Waals surface area contributed by atoms with E-state index >= 15 is 0 Å². The van der Waals surface area contributed by atoms with Crippen molar-refractivity contribution in [1.82, 2.24) is 10.2 Å². The predicted octanol–water partition coefficient (Wildman–Crippen LogP) is 2.31. The highest BCUT2D eigenvalue weighted by Gasteiger charge is 2.33. The van der Waals surface area contributed by atoms with Crippen LogP contribution in [0.4, 0.5) is 0 Å². The molecule has 0 radical (unpaired) electrons. The molecule has 0 saturated carbocycles. The zero-order valence-corrected chi connectivity index (χ0v) is 13.2.